The highest BCUT2D eigenvalue weighted by Crippen LogP contribution is 2.15. The summed E-state index contributed by atoms with van der Waals surface area (Å²) in [4.78, 5) is 0. The number of rotatable bonds is 7. The van der Waals surface area contributed by atoms with Crippen LogP contribution >= 0.6 is 15.9 Å². The molecule has 0 fully saturated rings. The van der Waals surface area contributed by atoms with Crippen LogP contribution in [0, 0.1) is 0 Å². The highest BCUT2D eigenvalue weighted by atomic mass is 79.9. The molecule has 0 amide bonds. The van der Waals surface area contributed by atoms with Crippen molar-refractivity contribution in [3.05, 3.63) is 0 Å². The Morgan fingerprint density at radius 3 is 1.93 bits per heavy atom. The molecule has 0 aromatic carbocycles. The second-order valence-corrected chi connectivity index (χ2v) is 6.45. The lowest BCUT2D eigenvalue weighted by atomic mass is 10.2. The molecule has 0 bridgehead atoms. The second-order valence-electron chi connectivity index (χ2n) is 3.56. The van der Waals surface area contributed by atoms with Crippen molar-refractivity contribution in [2.24, 2.45) is 0 Å². The van der Waals surface area contributed by atoms with Crippen molar-refractivity contribution in [3.63, 3.8) is 0 Å². The van der Waals surface area contributed by atoms with Crippen LogP contribution in [0.5, 0.6) is 0 Å². The maximum absolute atomic E-state index is 12.0. The predicted molar refractivity (Wildman–Crippen MR) is 67.5 cm³/mol. The van der Waals surface area contributed by atoms with E-state index in [1.54, 1.807) is 18.4 Å². The van der Waals surface area contributed by atoms with E-state index in [0.29, 0.717) is 11.9 Å². The van der Waals surface area contributed by atoms with Crippen LogP contribution in [0.2, 0.25) is 0 Å². The molecule has 0 radical (unpaired) electrons. The first-order valence-corrected chi connectivity index (χ1v) is 7.68. The van der Waals surface area contributed by atoms with Crippen LogP contribution in [0.3, 0.4) is 0 Å². The van der Waals surface area contributed by atoms with Gasteiger partial charge in [-0.05, 0) is 12.8 Å². The number of alkyl halides is 1. The van der Waals surface area contributed by atoms with E-state index in [2.05, 4.69) is 15.9 Å². The number of hydrogen-bond acceptors (Lipinski definition) is 2. The van der Waals surface area contributed by atoms with Crippen LogP contribution in [0.4, 0.5) is 0 Å². The van der Waals surface area contributed by atoms with Crippen molar-refractivity contribution in [1.29, 1.82) is 0 Å². The smallest absolute Gasteiger partial charge is 0.195 e. The van der Waals surface area contributed by atoms with Crippen LogP contribution in [-0.4, -0.2) is 49.0 Å². The van der Waals surface area contributed by atoms with Crippen molar-refractivity contribution >= 4 is 26.1 Å². The van der Waals surface area contributed by atoms with Crippen LogP contribution < -0.4 is 0 Å². The molecule has 0 atom stereocenters. The summed E-state index contributed by atoms with van der Waals surface area (Å²) in [5, 5.41) is 0.663. The Labute approximate surface area is 102 Å². The van der Waals surface area contributed by atoms with Crippen LogP contribution in [0.1, 0.15) is 26.7 Å². The Bertz CT molecular complexity index is 263. The zero-order valence-electron chi connectivity index (χ0n) is 9.90. The predicted octanol–water partition coefficient (Wildman–Crippen LogP) is 1.68. The van der Waals surface area contributed by atoms with Gasteiger partial charge in [-0.2, -0.15) is 17.0 Å². The highest BCUT2D eigenvalue weighted by Gasteiger charge is 2.28. The highest BCUT2D eigenvalue weighted by molar-refractivity contribution is 9.09. The summed E-state index contributed by atoms with van der Waals surface area (Å²) in [7, 11) is -0.151. The van der Waals surface area contributed by atoms with E-state index < -0.39 is 10.2 Å². The molecule has 0 saturated heterocycles. The molecule has 0 aliphatic heterocycles. The molecule has 0 saturated carbocycles. The molecule has 0 aliphatic rings. The molecule has 0 rings (SSSR count). The molecule has 15 heavy (non-hydrogen) atoms. The normalized spacial score (nSPS) is 13.1. The van der Waals surface area contributed by atoms with E-state index in [4.69, 9.17) is 0 Å². The summed E-state index contributed by atoms with van der Waals surface area (Å²) in [6, 6.07) is 0.0925. The standard InChI is InChI=1S/C9H21BrN2O2S/c1-5-9(6-2)12(8-7-10)15(13,14)11(3)4/h9H,5-8H2,1-4H3. The van der Waals surface area contributed by atoms with Crippen molar-refractivity contribution in [2.75, 3.05) is 26.0 Å². The van der Waals surface area contributed by atoms with Crippen LogP contribution in [0.15, 0.2) is 0 Å². The quantitative estimate of drug-likeness (QED) is 0.671. The molecule has 92 valence electrons. The molecule has 0 spiro atoms. The van der Waals surface area contributed by atoms with Gasteiger partial charge >= 0.3 is 0 Å². The summed E-state index contributed by atoms with van der Waals surface area (Å²) in [6.45, 7) is 4.55. The summed E-state index contributed by atoms with van der Waals surface area (Å²) in [5.74, 6) is 0. The fraction of sp³-hybridized carbons (Fsp3) is 1.00. The molecule has 0 aromatic rings. The second kappa shape index (κ2) is 6.83. The van der Waals surface area contributed by atoms with Gasteiger partial charge in [0.2, 0.25) is 0 Å². The van der Waals surface area contributed by atoms with Crippen molar-refractivity contribution in [3.8, 4) is 0 Å². The minimum absolute atomic E-state index is 0.0925. The lowest BCUT2D eigenvalue weighted by Gasteiger charge is -2.31. The Balaban J connectivity index is 4.95. The molecular formula is C9H21BrN2O2S. The molecular weight excluding hydrogens is 280 g/mol. The zero-order chi connectivity index (χ0) is 12.1. The SMILES string of the molecule is CCC(CC)N(CCBr)S(=O)(=O)N(C)C. The largest absolute Gasteiger partial charge is 0.281 e. The van der Waals surface area contributed by atoms with Gasteiger partial charge in [-0.1, -0.05) is 29.8 Å². The topological polar surface area (TPSA) is 40.6 Å². The summed E-state index contributed by atoms with van der Waals surface area (Å²) in [6.07, 6.45) is 1.69. The van der Waals surface area contributed by atoms with Gasteiger partial charge in [-0.15, -0.1) is 0 Å². The number of hydrogen-bond donors (Lipinski definition) is 0. The molecule has 0 aromatic heterocycles. The summed E-state index contributed by atoms with van der Waals surface area (Å²) in [5.41, 5.74) is 0. The van der Waals surface area contributed by atoms with Crippen LogP contribution in [-0.2, 0) is 10.2 Å². The minimum atomic E-state index is -3.29. The Morgan fingerprint density at radius 2 is 1.67 bits per heavy atom. The fourth-order valence-electron chi connectivity index (χ4n) is 1.48. The first-order chi connectivity index (χ1) is 6.91. The van der Waals surface area contributed by atoms with Gasteiger partial charge in [0.15, 0.2) is 0 Å². The number of nitrogens with zero attached hydrogens (tertiary/aromatic N) is 2. The van der Waals surface area contributed by atoms with Crippen LogP contribution in [0.25, 0.3) is 0 Å². The number of halogens is 1. The monoisotopic (exact) mass is 300 g/mol. The van der Waals surface area contributed by atoms with E-state index in [1.807, 2.05) is 13.8 Å². The van der Waals surface area contributed by atoms with Crippen molar-refractivity contribution < 1.29 is 8.42 Å². The third-order valence-electron chi connectivity index (χ3n) is 2.41. The van der Waals surface area contributed by atoms with Gasteiger partial charge in [0.25, 0.3) is 10.2 Å². The van der Waals surface area contributed by atoms with Gasteiger partial charge in [-0.25, -0.2) is 0 Å². The van der Waals surface area contributed by atoms with E-state index in [1.165, 1.54) is 4.31 Å². The van der Waals surface area contributed by atoms with E-state index in [-0.39, 0.29) is 6.04 Å². The lowest BCUT2D eigenvalue weighted by molar-refractivity contribution is 0.298. The minimum Gasteiger partial charge on any atom is -0.195 e. The third kappa shape index (κ3) is 4.01. The molecule has 6 heteroatoms. The molecule has 0 heterocycles. The average molecular weight is 301 g/mol. The molecule has 0 unspecified atom stereocenters. The molecule has 4 nitrogen and oxygen atoms in total. The maximum atomic E-state index is 12.0. The lowest BCUT2D eigenvalue weighted by Crippen LogP contribution is -2.46. The fourth-order valence-corrected chi connectivity index (χ4v) is 3.51. The summed E-state index contributed by atoms with van der Waals surface area (Å²) >= 11 is 3.29. The molecule has 0 N–H and O–H groups in total. The maximum Gasteiger partial charge on any atom is 0.281 e. The van der Waals surface area contributed by atoms with Crippen molar-refractivity contribution in [1.82, 2.24) is 8.61 Å². The van der Waals surface area contributed by atoms with Gasteiger partial charge in [0.1, 0.15) is 0 Å². The zero-order valence-corrected chi connectivity index (χ0v) is 12.3. The van der Waals surface area contributed by atoms with Gasteiger partial charge in [-0.3, -0.25) is 0 Å². The Morgan fingerprint density at radius 1 is 1.20 bits per heavy atom. The first-order valence-electron chi connectivity index (χ1n) is 5.17. The van der Waals surface area contributed by atoms with Gasteiger partial charge < -0.3 is 0 Å². The average Bonchev–Trinajstić information content (AvgIpc) is 2.18. The van der Waals surface area contributed by atoms with Gasteiger partial charge in [0, 0.05) is 32.0 Å². The van der Waals surface area contributed by atoms with E-state index in [0.717, 1.165) is 12.8 Å². The first kappa shape index (κ1) is 15.3. The molecule has 0 aliphatic carbocycles. The Kier molecular flexibility index (Phi) is 6.99. The Hall–Kier alpha value is 0.350. The van der Waals surface area contributed by atoms with E-state index in [9.17, 15) is 8.42 Å². The summed E-state index contributed by atoms with van der Waals surface area (Å²) < 4.78 is 26.9. The van der Waals surface area contributed by atoms with Gasteiger partial charge in [0.05, 0.1) is 0 Å². The third-order valence-corrected chi connectivity index (χ3v) is 4.76. The van der Waals surface area contributed by atoms with E-state index >= 15 is 0 Å². The van der Waals surface area contributed by atoms with Crippen molar-refractivity contribution in [2.45, 2.75) is 32.7 Å².